The first-order valence-electron chi connectivity index (χ1n) is 8.46. The van der Waals surface area contributed by atoms with Crippen molar-refractivity contribution in [1.82, 2.24) is 0 Å². The molecule has 1 heteroatoms. The molecule has 0 saturated heterocycles. The Bertz CT molecular complexity index is 733. The van der Waals surface area contributed by atoms with Gasteiger partial charge in [0, 0.05) is 18.4 Å². The fraction of sp³-hybridized carbons (Fsp3) is 0.455. The summed E-state index contributed by atoms with van der Waals surface area (Å²) in [6.45, 7) is 17.9. The Morgan fingerprint density at radius 3 is 1.91 bits per heavy atom. The van der Waals surface area contributed by atoms with Crippen LogP contribution in [0.2, 0.25) is 0 Å². The van der Waals surface area contributed by atoms with Crippen LogP contribution in [-0.4, -0.2) is 7.05 Å². The summed E-state index contributed by atoms with van der Waals surface area (Å²) in [6.07, 6.45) is 0. The van der Waals surface area contributed by atoms with Gasteiger partial charge in [-0.25, -0.2) is 0 Å². The van der Waals surface area contributed by atoms with Crippen molar-refractivity contribution in [3.63, 3.8) is 0 Å². The predicted molar refractivity (Wildman–Crippen MR) is 103 cm³/mol. The number of benzene rings is 2. The van der Waals surface area contributed by atoms with Crippen LogP contribution >= 0.6 is 0 Å². The zero-order valence-electron chi connectivity index (χ0n) is 16.3. The molecule has 0 aromatic heterocycles. The molecule has 23 heavy (non-hydrogen) atoms. The molecule has 0 heterocycles. The van der Waals surface area contributed by atoms with Crippen LogP contribution in [0.1, 0.15) is 54.2 Å². The first-order valence-corrected chi connectivity index (χ1v) is 8.46. The van der Waals surface area contributed by atoms with E-state index in [2.05, 4.69) is 91.6 Å². The maximum absolute atomic E-state index is 2.36. The summed E-state index contributed by atoms with van der Waals surface area (Å²) in [4.78, 5) is 2.36. The molecule has 0 amide bonds. The normalized spacial score (nSPS) is 11.7. The summed E-state index contributed by atoms with van der Waals surface area (Å²) in [7, 11) is 2.19. The lowest BCUT2D eigenvalue weighted by Gasteiger charge is -2.29. The number of aryl methyl sites for hydroxylation is 3. The first-order chi connectivity index (χ1) is 10.5. The molecule has 0 saturated carbocycles. The van der Waals surface area contributed by atoms with E-state index in [1.54, 1.807) is 0 Å². The van der Waals surface area contributed by atoms with Crippen molar-refractivity contribution in [2.75, 3.05) is 11.9 Å². The highest BCUT2D eigenvalue weighted by atomic mass is 15.1. The third-order valence-corrected chi connectivity index (χ3v) is 5.09. The molecule has 2 aromatic carbocycles. The third-order valence-electron chi connectivity index (χ3n) is 5.09. The topological polar surface area (TPSA) is 3.24 Å². The molecule has 124 valence electrons. The van der Waals surface area contributed by atoms with Gasteiger partial charge >= 0.3 is 0 Å². The minimum atomic E-state index is 0.163. The standard InChI is InChI=1S/C22H31N/c1-14-10-11-19(22(6,7)8)13-20(14)23(9)21-16(3)12-15(2)17(4)18(21)5/h10-13H,1-9H3. The highest BCUT2D eigenvalue weighted by Crippen LogP contribution is 2.36. The highest BCUT2D eigenvalue weighted by molar-refractivity contribution is 5.73. The number of anilines is 2. The van der Waals surface area contributed by atoms with Crippen LogP contribution in [-0.2, 0) is 5.41 Å². The second kappa shape index (κ2) is 6.03. The van der Waals surface area contributed by atoms with Crippen LogP contribution in [0.3, 0.4) is 0 Å². The number of nitrogens with zero attached hydrogens (tertiary/aromatic N) is 1. The monoisotopic (exact) mass is 309 g/mol. The van der Waals surface area contributed by atoms with Gasteiger partial charge in [0.25, 0.3) is 0 Å². The SMILES string of the molecule is Cc1ccc(C(C)(C)C)cc1N(C)c1c(C)cc(C)c(C)c1C. The van der Waals surface area contributed by atoms with E-state index in [1.165, 1.54) is 44.8 Å². The largest absolute Gasteiger partial charge is 0.344 e. The Hall–Kier alpha value is -1.76. The number of hydrogen-bond acceptors (Lipinski definition) is 1. The molecular formula is C22H31N. The van der Waals surface area contributed by atoms with Crippen LogP contribution in [0.4, 0.5) is 11.4 Å². The summed E-state index contributed by atoms with van der Waals surface area (Å²) < 4.78 is 0. The van der Waals surface area contributed by atoms with Gasteiger partial charge in [0.1, 0.15) is 0 Å². The third kappa shape index (κ3) is 3.29. The van der Waals surface area contributed by atoms with E-state index in [-0.39, 0.29) is 5.41 Å². The first kappa shape index (κ1) is 17.6. The quantitative estimate of drug-likeness (QED) is 0.629. The summed E-state index contributed by atoms with van der Waals surface area (Å²) >= 11 is 0. The molecule has 0 unspecified atom stereocenters. The Morgan fingerprint density at radius 1 is 0.739 bits per heavy atom. The Balaban J connectivity index is 2.62. The molecule has 0 N–H and O–H groups in total. The molecule has 0 fully saturated rings. The molecule has 2 rings (SSSR count). The van der Waals surface area contributed by atoms with E-state index in [0.29, 0.717) is 0 Å². The van der Waals surface area contributed by atoms with Crippen molar-refractivity contribution < 1.29 is 0 Å². The van der Waals surface area contributed by atoms with E-state index >= 15 is 0 Å². The van der Waals surface area contributed by atoms with Crippen molar-refractivity contribution in [2.45, 2.75) is 60.8 Å². The average molecular weight is 309 g/mol. The van der Waals surface area contributed by atoms with Gasteiger partial charge in [0.05, 0.1) is 0 Å². The minimum absolute atomic E-state index is 0.163. The van der Waals surface area contributed by atoms with Crippen LogP contribution in [0.5, 0.6) is 0 Å². The smallest absolute Gasteiger partial charge is 0.0470 e. The molecule has 0 spiro atoms. The maximum atomic E-state index is 2.36. The molecule has 0 atom stereocenters. The lowest BCUT2D eigenvalue weighted by atomic mass is 9.86. The lowest BCUT2D eigenvalue weighted by molar-refractivity contribution is 0.590. The maximum Gasteiger partial charge on any atom is 0.0470 e. The molecule has 0 radical (unpaired) electrons. The van der Waals surface area contributed by atoms with E-state index in [4.69, 9.17) is 0 Å². The summed E-state index contributed by atoms with van der Waals surface area (Å²) in [5.41, 5.74) is 11.0. The van der Waals surface area contributed by atoms with Gasteiger partial charge in [0.2, 0.25) is 0 Å². The van der Waals surface area contributed by atoms with Crippen LogP contribution in [0, 0.1) is 34.6 Å². The van der Waals surface area contributed by atoms with Crippen molar-refractivity contribution in [3.8, 4) is 0 Å². The molecule has 0 aliphatic carbocycles. The van der Waals surface area contributed by atoms with E-state index in [0.717, 1.165) is 0 Å². The summed E-state index contributed by atoms with van der Waals surface area (Å²) in [5.74, 6) is 0. The molecule has 0 aliphatic rings. The van der Waals surface area contributed by atoms with Crippen molar-refractivity contribution >= 4 is 11.4 Å². The Kier molecular flexibility index (Phi) is 4.61. The van der Waals surface area contributed by atoms with Crippen LogP contribution < -0.4 is 4.90 Å². The van der Waals surface area contributed by atoms with Gasteiger partial charge in [-0.05, 0) is 79.5 Å². The van der Waals surface area contributed by atoms with E-state index in [9.17, 15) is 0 Å². The van der Waals surface area contributed by atoms with Gasteiger partial charge in [-0.1, -0.05) is 39.0 Å². The highest BCUT2D eigenvalue weighted by Gasteiger charge is 2.19. The molecular weight excluding hydrogens is 278 g/mol. The van der Waals surface area contributed by atoms with Crippen LogP contribution in [0.25, 0.3) is 0 Å². The van der Waals surface area contributed by atoms with Crippen molar-refractivity contribution in [1.29, 1.82) is 0 Å². The number of hydrogen-bond donors (Lipinski definition) is 0. The summed E-state index contributed by atoms with van der Waals surface area (Å²) in [5, 5.41) is 0. The molecule has 2 aromatic rings. The average Bonchev–Trinajstić information content (AvgIpc) is 2.44. The van der Waals surface area contributed by atoms with Gasteiger partial charge in [-0.2, -0.15) is 0 Å². The molecule has 1 nitrogen and oxygen atoms in total. The predicted octanol–water partition coefficient (Wildman–Crippen LogP) is 6.29. The van der Waals surface area contributed by atoms with Gasteiger partial charge in [-0.15, -0.1) is 0 Å². The Labute approximate surface area is 142 Å². The zero-order valence-corrected chi connectivity index (χ0v) is 16.3. The number of rotatable bonds is 2. The van der Waals surface area contributed by atoms with Gasteiger partial charge in [0.15, 0.2) is 0 Å². The lowest BCUT2D eigenvalue weighted by Crippen LogP contribution is -2.17. The molecule has 0 aliphatic heterocycles. The van der Waals surface area contributed by atoms with Crippen molar-refractivity contribution in [2.24, 2.45) is 0 Å². The second-order valence-electron chi connectivity index (χ2n) is 7.92. The van der Waals surface area contributed by atoms with Crippen LogP contribution in [0.15, 0.2) is 24.3 Å². The van der Waals surface area contributed by atoms with Crippen molar-refractivity contribution in [3.05, 3.63) is 57.6 Å². The van der Waals surface area contributed by atoms with Gasteiger partial charge < -0.3 is 4.90 Å². The zero-order chi connectivity index (χ0) is 17.5. The Morgan fingerprint density at radius 2 is 1.35 bits per heavy atom. The molecule has 0 bridgehead atoms. The minimum Gasteiger partial charge on any atom is -0.344 e. The van der Waals surface area contributed by atoms with E-state index < -0.39 is 0 Å². The fourth-order valence-corrected chi connectivity index (χ4v) is 3.34. The van der Waals surface area contributed by atoms with E-state index in [1.807, 2.05) is 0 Å². The fourth-order valence-electron chi connectivity index (χ4n) is 3.34. The second-order valence-corrected chi connectivity index (χ2v) is 7.92. The summed E-state index contributed by atoms with van der Waals surface area (Å²) in [6, 6.07) is 9.16. The van der Waals surface area contributed by atoms with Gasteiger partial charge in [-0.3, -0.25) is 0 Å².